The van der Waals surface area contributed by atoms with Gasteiger partial charge >= 0.3 is 5.97 Å². The molecule has 0 saturated carbocycles. The number of hydrogen-bond acceptors (Lipinski definition) is 2. The van der Waals surface area contributed by atoms with Crippen molar-refractivity contribution in [2.75, 3.05) is 6.61 Å². The van der Waals surface area contributed by atoms with Crippen LogP contribution in [0.5, 0.6) is 0 Å². The van der Waals surface area contributed by atoms with Crippen LogP contribution in [0.1, 0.15) is 194 Å². The topological polar surface area (TPSA) is 26.3 Å². The highest BCUT2D eigenvalue weighted by Gasteiger charge is 2.02. The second kappa shape index (κ2) is 32.2. The molecule has 0 aliphatic heterocycles. The van der Waals surface area contributed by atoms with E-state index in [1.807, 2.05) is 6.92 Å². The van der Waals surface area contributed by atoms with Gasteiger partial charge in [0.1, 0.15) is 0 Å². The van der Waals surface area contributed by atoms with E-state index in [0.29, 0.717) is 13.0 Å². The fourth-order valence-corrected chi connectivity index (χ4v) is 5.02. The lowest BCUT2D eigenvalue weighted by Gasteiger charge is -2.05. The van der Waals surface area contributed by atoms with Crippen molar-refractivity contribution in [3.63, 3.8) is 0 Å². The summed E-state index contributed by atoms with van der Waals surface area (Å²) in [6, 6.07) is 0. The van der Waals surface area contributed by atoms with E-state index in [0.717, 1.165) is 25.7 Å². The van der Waals surface area contributed by atoms with Crippen molar-refractivity contribution in [1.82, 2.24) is 0 Å². The van der Waals surface area contributed by atoms with Crippen LogP contribution in [0.25, 0.3) is 0 Å². The van der Waals surface area contributed by atoms with E-state index in [1.54, 1.807) is 0 Å². The molecule has 0 radical (unpaired) electrons. The molecular weight excluding hydrogens is 440 g/mol. The van der Waals surface area contributed by atoms with Crippen molar-refractivity contribution >= 4 is 5.97 Å². The predicted octanol–water partition coefficient (Wildman–Crippen LogP) is 12.0. The average Bonchev–Trinajstić information content (AvgIpc) is 2.88. The van der Waals surface area contributed by atoms with Crippen LogP contribution in [0.4, 0.5) is 0 Å². The second-order valence-corrected chi connectivity index (χ2v) is 11.2. The summed E-state index contributed by atoms with van der Waals surface area (Å²) in [5.41, 5.74) is 0. The molecule has 0 aromatic heterocycles. The Kier molecular flexibility index (Phi) is 31.5. The fraction of sp³-hybridized carbons (Fsp3) is 0.912. The van der Waals surface area contributed by atoms with Crippen LogP contribution >= 0.6 is 0 Å². The van der Waals surface area contributed by atoms with Gasteiger partial charge in [-0.3, -0.25) is 4.79 Å². The Hall–Kier alpha value is -0.790. The summed E-state index contributed by atoms with van der Waals surface area (Å²) >= 11 is 0. The molecule has 0 spiro atoms. The molecule has 0 aliphatic carbocycles. The maximum absolute atomic E-state index is 11.7. The molecule has 0 atom stereocenters. The van der Waals surface area contributed by atoms with Gasteiger partial charge in [-0.25, -0.2) is 0 Å². The SMILES string of the molecule is C/C=C/CCCCOC(=O)CCCCCCCCCCCCCCCCCCCCCCCCCC. The number of allylic oxidation sites excluding steroid dienone is 2. The van der Waals surface area contributed by atoms with E-state index in [4.69, 9.17) is 4.74 Å². The molecule has 2 heteroatoms. The molecule has 0 bridgehead atoms. The summed E-state index contributed by atoms with van der Waals surface area (Å²) in [4.78, 5) is 11.7. The maximum Gasteiger partial charge on any atom is 0.305 e. The molecule has 0 heterocycles. The maximum atomic E-state index is 11.7. The standard InChI is InChI=1S/C34H66O2/c1-3-5-7-9-10-11-12-13-14-15-16-17-18-19-20-21-22-23-24-25-26-27-28-30-32-34(35)36-33-31-29-8-6-4-2/h4,6H,3,5,7-33H2,1-2H3/b6-4+. The zero-order valence-corrected chi connectivity index (χ0v) is 25.0. The monoisotopic (exact) mass is 507 g/mol. The van der Waals surface area contributed by atoms with E-state index >= 15 is 0 Å². The zero-order valence-electron chi connectivity index (χ0n) is 25.0. The lowest BCUT2D eigenvalue weighted by atomic mass is 10.0. The van der Waals surface area contributed by atoms with Gasteiger partial charge < -0.3 is 4.74 Å². The molecule has 0 rings (SSSR count). The number of hydrogen-bond donors (Lipinski definition) is 0. The lowest BCUT2D eigenvalue weighted by molar-refractivity contribution is -0.143. The predicted molar refractivity (Wildman–Crippen MR) is 161 cm³/mol. The first-order chi connectivity index (χ1) is 17.8. The Balaban J connectivity index is 3.10. The summed E-state index contributed by atoms with van der Waals surface area (Å²) < 4.78 is 5.31. The minimum absolute atomic E-state index is 0.000152. The number of carbonyl (C=O) groups excluding carboxylic acids is 1. The van der Waals surface area contributed by atoms with Gasteiger partial charge in [0.25, 0.3) is 0 Å². The van der Waals surface area contributed by atoms with Crippen LogP contribution < -0.4 is 0 Å². The van der Waals surface area contributed by atoms with Crippen LogP contribution in [0, 0.1) is 0 Å². The van der Waals surface area contributed by atoms with Gasteiger partial charge in [0, 0.05) is 6.42 Å². The third-order valence-electron chi connectivity index (χ3n) is 7.50. The van der Waals surface area contributed by atoms with Crippen molar-refractivity contribution in [3.05, 3.63) is 12.2 Å². The molecule has 214 valence electrons. The molecule has 0 aromatic carbocycles. The molecule has 0 saturated heterocycles. The summed E-state index contributed by atoms with van der Waals surface area (Å²) in [7, 11) is 0. The van der Waals surface area contributed by atoms with Crippen LogP contribution in [0.2, 0.25) is 0 Å². The first-order valence-electron chi connectivity index (χ1n) is 16.6. The van der Waals surface area contributed by atoms with Gasteiger partial charge in [-0.1, -0.05) is 167 Å². The second-order valence-electron chi connectivity index (χ2n) is 11.2. The molecule has 0 aliphatic rings. The Labute approximate surface area is 227 Å². The summed E-state index contributed by atoms with van der Waals surface area (Å²) in [6.45, 7) is 4.94. The third kappa shape index (κ3) is 31.2. The number of carbonyl (C=O) groups is 1. The molecule has 0 aromatic rings. The molecule has 0 fully saturated rings. The lowest BCUT2D eigenvalue weighted by Crippen LogP contribution is -2.05. The first kappa shape index (κ1) is 35.2. The third-order valence-corrected chi connectivity index (χ3v) is 7.50. The van der Waals surface area contributed by atoms with Crippen LogP contribution in [-0.2, 0) is 9.53 Å². The molecular formula is C34H66O2. The Morgan fingerprint density at radius 3 is 1.22 bits per heavy atom. The van der Waals surface area contributed by atoms with Gasteiger partial charge in [-0.2, -0.15) is 0 Å². The van der Waals surface area contributed by atoms with Gasteiger partial charge in [-0.15, -0.1) is 0 Å². The molecule has 0 N–H and O–H groups in total. The molecule has 36 heavy (non-hydrogen) atoms. The molecule has 2 nitrogen and oxygen atoms in total. The van der Waals surface area contributed by atoms with Gasteiger partial charge in [-0.05, 0) is 32.6 Å². The molecule has 0 unspecified atom stereocenters. The van der Waals surface area contributed by atoms with Crippen molar-refractivity contribution in [2.45, 2.75) is 194 Å². The van der Waals surface area contributed by atoms with Crippen molar-refractivity contribution in [2.24, 2.45) is 0 Å². The van der Waals surface area contributed by atoms with Crippen molar-refractivity contribution < 1.29 is 9.53 Å². The fourth-order valence-electron chi connectivity index (χ4n) is 5.02. The van der Waals surface area contributed by atoms with Crippen LogP contribution in [-0.4, -0.2) is 12.6 Å². The Morgan fingerprint density at radius 1 is 0.500 bits per heavy atom. The van der Waals surface area contributed by atoms with Gasteiger partial charge in [0.15, 0.2) is 0 Å². The highest BCUT2D eigenvalue weighted by Crippen LogP contribution is 2.16. The van der Waals surface area contributed by atoms with E-state index < -0.39 is 0 Å². The number of unbranched alkanes of at least 4 members (excludes halogenated alkanes) is 25. The van der Waals surface area contributed by atoms with E-state index in [-0.39, 0.29) is 5.97 Å². The van der Waals surface area contributed by atoms with Crippen molar-refractivity contribution in [1.29, 1.82) is 0 Å². The minimum atomic E-state index is -0.000152. The van der Waals surface area contributed by atoms with Gasteiger partial charge in [0.05, 0.1) is 6.61 Å². The normalized spacial score (nSPS) is 11.5. The Bertz CT molecular complexity index is 442. The highest BCUT2D eigenvalue weighted by molar-refractivity contribution is 5.69. The smallest absolute Gasteiger partial charge is 0.305 e. The number of ether oxygens (including phenoxy) is 1. The highest BCUT2D eigenvalue weighted by atomic mass is 16.5. The van der Waals surface area contributed by atoms with E-state index in [9.17, 15) is 4.79 Å². The molecule has 0 amide bonds. The largest absolute Gasteiger partial charge is 0.466 e. The van der Waals surface area contributed by atoms with Crippen LogP contribution in [0.15, 0.2) is 12.2 Å². The zero-order chi connectivity index (χ0) is 26.2. The Morgan fingerprint density at radius 2 is 0.861 bits per heavy atom. The quantitative estimate of drug-likeness (QED) is 0.0550. The van der Waals surface area contributed by atoms with Gasteiger partial charge in [0.2, 0.25) is 0 Å². The van der Waals surface area contributed by atoms with E-state index in [1.165, 1.54) is 148 Å². The summed E-state index contributed by atoms with van der Waals surface area (Å²) in [6.07, 6.45) is 41.7. The van der Waals surface area contributed by atoms with E-state index in [2.05, 4.69) is 19.1 Å². The van der Waals surface area contributed by atoms with Crippen LogP contribution in [0.3, 0.4) is 0 Å². The number of rotatable bonds is 30. The summed E-state index contributed by atoms with van der Waals surface area (Å²) in [5, 5.41) is 0. The summed E-state index contributed by atoms with van der Waals surface area (Å²) in [5.74, 6) is -0.000152. The average molecular weight is 507 g/mol. The minimum Gasteiger partial charge on any atom is -0.466 e. The first-order valence-corrected chi connectivity index (χ1v) is 16.6. The van der Waals surface area contributed by atoms with Crippen molar-refractivity contribution in [3.8, 4) is 0 Å². The number of esters is 1.